The molecule has 1 heterocycles. The van der Waals surface area contributed by atoms with Gasteiger partial charge in [-0.1, -0.05) is 12.1 Å². The molecule has 0 atom stereocenters. The average molecular weight is 305 g/mol. The maximum Gasteiger partial charge on any atom is 0.335 e. The van der Waals surface area contributed by atoms with Crippen molar-refractivity contribution in [2.75, 3.05) is 0 Å². The van der Waals surface area contributed by atoms with E-state index in [0.717, 1.165) is 16.3 Å². The molecule has 3 N–H and O–H groups in total. The molecule has 0 bridgehead atoms. The van der Waals surface area contributed by atoms with E-state index in [-0.39, 0.29) is 18.1 Å². The zero-order valence-electron chi connectivity index (χ0n) is 11.4. The minimum absolute atomic E-state index is 0.202. The van der Waals surface area contributed by atoms with Crippen LogP contribution in [0, 0.1) is 6.92 Å². The van der Waals surface area contributed by atoms with Crippen LogP contribution in [-0.4, -0.2) is 22.1 Å². The number of urea groups is 1. The van der Waals surface area contributed by atoms with Crippen molar-refractivity contribution in [3.8, 4) is 0 Å². The summed E-state index contributed by atoms with van der Waals surface area (Å²) < 4.78 is 0. The van der Waals surface area contributed by atoms with Crippen molar-refractivity contribution < 1.29 is 14.7 Å². The lowest BCUT2D eigenvalue weighted by molar-refractivity contribution is 0.0696. The highest BCUT2D eigenvalue weighted by molar-refractivity contribution is 7.09. The number of hydrogen-bond donors (Lipinski definition) is 3. The molecule has 110 valence electrons. The summed E-state index contributed by atoms with van der Waals surface area (Å²) in [5, 5.41) is 17.0. The first-order chi connectivity index (χ1) is 10.0. The Morgan fingerprint density at radius 3 is 2.71 bits per heavy atom. The number of rotatable bonds is 5. The molecule has 0 aliphatic rings. The normalized spacial score (nSPS) is 10.1. The Morgan fingerprint density at radius 2 is 2.05 bits per heavy atom. The van der Waals surface area contributed by atoms with Gasteiger partial charge in [0.1, 0.15) is 5.01 Å². The van der Waals surface area contributed by atoms with Crippen LogP contribution in [0.4, 0.5) is 4.79 Å². The molecule has 1 aromatic carbocycles. The Kier molecular flexibility index (Phi) is 4.89. The minimum atomic E-state index is -0.986. The fourth-order valence-corrected chi connectivity index (χ4v) is 2.41. The number of carboxylic acids is 1. The molecule has 0 unspecified atom stereocenters. The molecular weight excluding hydrogens is 290 g/mol. The predicted molar refractivity (Wildman–Crippen MR) is 79.3 cm³/mol. The van der Waals surface area contributed by atoms with Crippen molar-refractivity contribution in [3.05, 3.63) is 51.5 Å². The topological polar surface area (TPSA) is 91.3 Å². The lowest BCUT2D eigenvalue weighted by Crippen LogP contribution is -2.34. The Morgan fingerprint density at radius 1 is 1.29 bits per heavy atom. The molecule has 6 nitrogen and oxygen atoms in total. The molecular formula is C14H15N3O3S. The first-order valence-electron chi connectivity index (χ1n) is 6.29. The fraction of sp³-hybridized carbons (Fsp3) is 0.214. The van der Waals surface area contributed by atoms with Crippen LogP contribution in [0.2, 0.25) is 0 Å². The van der Waals surface area contributed by atoms with Gasteiger partial charge in [-0.25, -0.2) is 14.6 Å². The van der Waals surface area contributed by atoms with Crippen molar-refractivity contribution in [1.82, 2.24) is 15.6 Å². The highest BCUT2D eigenvalue weighted by Crippen LogP contribution is 2.08. The Balaban J connectivity index is 1.81. The van der Waals surface area contributed by atoms with Crippen molar-refractivity contribution in [3.63, 3.8) is 0 Å². The zero-order valence-corrected chi connectivity index (χ0v) is 12.2. The second kappa shape index (κ2) is 6.85. The predicted octanol–water partition coefficient (Wildman–Crippen LogP) is 2.15. The summed E-state index contributed by atoms with van der Waals surface area (Å²) in [6.07, 6.45) is 0. The monoisotopic (exact) mass is 305 g/mol. The van der Waals surface area contributed by atoms with E-state index in [1.165, 1.54) is 23.5 Å². The Hall–Kier alpha value is -2.41. The Bertz CT molecular complexity index is 654. The Labute approximate surface area is 125 Å². The number of aryl methyl sites for hydroxylation is 1. The molecule has 7 heteroatoms. The summed E-state index contributed by atoms with van der Waals surface area (Å²) in [5.41, 5.74) is 1.87. The van der Waals surface area contributed by atoms with E-state index in [9.17, 15) is 9.59 Å². The number of nitrogens with zero attached hydrogens (tertiary/aromatic N) is 1. The summed E-state index contributed by atoms with van der Waals surface area (Å²) in [7, 11) is 0. The van der Waals surface area contributed by atoms with Crippen LogP contribution >= 0.6 is 11.3 Å². The largest absolute Gasteiger partial charge is 0.478 e. The van der Waals surface area contributed by atoms with E-state index in [1.807, 2.05) is 12.3 Å². The van der Waals surface area contributed by atoms with Gasteiger partial charge in [-0.15, -0.1) is 11.3 Å². The van der Waals surface area contributed by atoms with Crippen LogP contribution in [0.3, 0.4) is 0 Å². The number of thiazole rings is 1. The maximum absolute atomic E-state index is 11.7. The molecule has 0 aliphatic carbocycles. The molecule has 0 spiro atoms. The highest BCUT2D eigenvalue weighted by Gasteiger charge is 2.05. The number of carbonyl (C=O) groups is 2. The van der Waals surface area contributed by atoms with Gasteiger partial charge >= 0.3 is 12.0 Å². The molecule has 0 saturated carbocycles. The van der Waals surface area contributed by atoms with Gasteiger partial charge in [-0.2, -0.15) is 0 Å². The quantitative estimate of drug-likeness (QED) is 0.789. The first-order valence-corrected chi connectivity index (χ1v) is 7.17. The first kappa shape index (κ1) is 15.0. The highest BCUT2D eigenvalue weighted by atomic mass is 32.1. The molecule has 0 fully saturated rings. The third kappa shape index (κ3) is 4.57. The van der Waals surface area contributed by atoms with Gasteiger partial charge in [0, 0.05) is 17.6 Å². The second-order valence-corrected chi connectivity index (χ2v) is 5.37. The summed E-state index contributed by atoms with van der Waals surface area (Å²) in [5.74, 6) is -0.986. The number of carbonyl (C=O) groups excluding carboxylic acids is 1. The number of carboxylic acid groups (broad SMARTS) is 1. The number of aromatic nitrogens is 1. The van der Waals surface area contributed by atoms with Crippen molar-refractivity contribution >= 4 is 23.3 Å². The van der Waals surface area contributed by atoms with E-state index >= 15 is 0 Å². The van der Waals surface area contributed by atoms with Crippen LogP contribution in [0.15, 0.2) is 29.6 Å². The van der Waals surface area contributed by atoms with Gasteiger partial charge in [-0.3, -0.25) is 0 Å². The molecule has 21 heavy (non-hydrogen) atoms. The van der Waals surface area contributed by atoms with Crippen LogP contribution in [0.5, 0.6) is 0 Å². The van der Waals surface area contributed by atoms with Crippen LogP contribution in [-0.2, 0) is 13.1 Å². The third-order valence-electron chi connectivity index (χ3n) is 2.69. The molecule has 1 aromatic heterocycles. The smallest absolute Gasteiger partial charge is 0.335 e. The van der Waals surface area contributed by atoms with Gasteiger partial charge in [0.25, 0.3) is 0 Å². The van der Waals surface area contributed by atoms with Crippen molar-refractivity contribution in [2.45, 2.75) is 20.0 Å². The zero-order chi connectivity index (χ0) is 15.2. The second-order valence-electron chi connectivity index (χ2n) is 4.42. The summed E-state index contributed by atoms with van der Waals surface area (Å²) in [6, 6.07) is 6.14. The average Bonchev–Trinajstić information content (AvgIpc) is 2.89. The molecule has 0 radical (unpaired) electrons. The molecule has 2 aromatic rings. The van der Waals surface area contributed by atoms with Crippen LogP contribution < -0.4 is 10.6 Å². The summed E-state index contributed by atoms with van der Waals surface area (Å²) in [6.45, 7) is 2.54. The van der Waals surface area contributed by atoms with Gasteiger partial charge in [0.05, 0.1) is 12.1 Å². The number of benzene rings is 1. The summed E-state index contributed by atoms with van der Waals surface area (Å²) in [4.78, 5) is 26.7. The van der Waals surface area contributed by atoms with Gasteiger partial charge in [0.2, 0.25) is 0 Å². The third-order valence-corrected chi connectivity index (χ3v) is 3.66. The standard InChI is InChI=1S/C14H15N3O3S/c1-9-8-21-12(17-9)7-16-14(20)15-6-10-3-2-4-11(5-10)13(18)19/h2-5,8H,6-7H2,1H3,(H,18,19)(H2,15,16,20). The lowest BCUT2D eigenvalue weighted by Gasteiger charge is -2.07. The summed E-state index contributed by atoms with van der Waals surface area (Å²) >= 11 is 1.49. The van der Waals surface area contributed by atoms with Crippen molar-refractivity contribution in [2.24, 2.45) is 0 Å². The van der Waals surface area contributed by atoms with E-state index in [2.05, 4.69) is 15.6 Å². The van der Waals surface area contributed by atoms with Gasteiger partial charge < -0.3 is 15.7 Å². The lowest BCUT2D eigenvalue weighted by atomic mass is 10.1. The number of hydrogen-bond acceptors (Lipinski definition) is 4. The number of amides is 2. The minimum Gasteiger partial charge on any atom is -0.478 e. The van der Waals surface area contributed by atoms with E-state index in [0.29, 0.717) is 6.54 Å². The molecule has 0 aliphatic heterocycles. The van der Waals surface area contributed by atoms with E-state index < -0.39 is 5.97 Å². The fourth-order valence-electron chi connectivity index (χ4n) is 1.70. The maximum atomic E-state index is 11.7. The van der Waals surface area contributed by atoms with Gasteiger partial charge in [-0.05, 0) is 24.6 Å². The molecule has 2 rings (SSSR count). The molecule has 2 amide bonds. The van der Waals surface area contributed by atoms with Crippen LogP contribution in [0.25, 0.3) is 0 Å². The van der Waals surface area contributed by atoms with Gasteiger partial charge in [0.15, 0.2) is 0 Å². The SMILES string of the molecule is Cc1csc(CNC(=O)NCc2cccc(C(=O)O)c2)n1. The van der Waals surface area contributed by atoms with Crippen molar-refractivity contribution in [1.29, 1.82) is 0 Å². The van der Waals surface area contributed by atoms with E-state index in [4.69, 9.17) is 5.11 Å². The number of aromatic carboxylic acids is 1. The molecule has 0 saturated heterocycles. The van der Waals surface area contributed by atoms with E-state index in [1.54, 1.807) is 12.1 Å². The van der Waals surface area contributed by atoms with Crippen LogP contribution in [0.1, 0.15) is 26.6 Å². The number of nitrogens with one attached hydrogen (secondary N) is 2.